The molecule has 0 heterocycles. The first-order chi connectivity index (χ1) is 7.08. The Morgan fingerprint density at radius 1 is 1.20 bits per heavy atom. The van der Waals surface area contributed by atoms with Gasteiger partial charge in [0.25, 0.3) is 0 Å². The fourth-order valence-corrected chi connectivity index (χ4v) is 1.68. The summed E-state index contributed by atoms with van der Waals surface area (Å²) in [5.74, 6) is 0. The average molecular weight is 230 g/mol. The maximum atomic E-state index is 10.5. The van der Waals surface area contributed by atoms with Crippen LogP contribution >= 0.6 is 7.60 Å². The molecule has 0 aromatic heterocycles. The molecule has 0 fully saturated rings. The molecule has 0 spiro atoms. The van der Waals surface area contributed by atoms with Gasteiger partial charge < -0.3 is 14.5 Å². The molecule has 2 N–H and O–H groups in total. The van der Waals surface area contributed by atoms with Crippen LogP contribution in [0.4, 0.5) is 0 Å². The van der Waals surface area contributed by atoms with Crippen molar-refractivity contribution in [3.8, 4) is 0 Å². The van der Waals surface area contributed by atoms with Gasteiger partial charge in [0, 0.05) is 6.61 Å². The second-order valence-corrected chi connectivity index (χ2v) is 5.06. The Bertz CT molecular complexity index is 319. The molecule has 1 aromatic carbocycles. The fourth-order valence-electron chi connectivity index (χ4n) is 1.14. The van der Waals surface area contributed by atoms with E-state index in [0.29, 0.717) is 19.6 Å². The van der Waals surface area contributed by atoms with E-state index < -0.39 is 7.60 Å². The first-order valence-electron chi connectivity index (χ1n) is 4.74. The molecule has 0 aliphatic heterocycles. The maximum Gasteiger partial charge on any atom is 0.325 e. The molecular formula is C10H15O4P. The van der Waals surface area contributed by atoms with Crippen LogP contribution in [0, 0.1) is 0 Å². The van der Waals surface area contributed by atoms with Crippen LogP contribution in [0.3, 0.4) is 0 Å². The monoisotopic (exact) mass is 230 g/mol. The van der Waals surface area contributed by atoms with Gasteiger partial charge in [-0.2, -0.15) is 0 Å². The molecule has 0 aliphatic carbocycles. The van der Waals surface area contributed by atoms with E-state index in [2.05, 4.69) is 0 Å². The normalized spacial score (nSPS) is 11.6. The Morgan fingerprint density at radius 3 is 2.47 bits per heavy atom. The topological polar surface area (TPSA) is 66.8 Å². The Morgan fingerprint density at radius 2 is 1.87 bits per heavy atom. The number of rotatable bonds is 6. The van der Waals surface area contributed by atoms with Gasteiger partial charge in [-0.3, -0.25) is 4.57 Å². The molecule has 0 saturated carbocycles. The van der Waals surface area contributed by atoms with Crippen molar-refractivity contribution in [1.82, 2.24) is 0 Å². The Balaban J connectivity index is 2.10. The van der Waals surface area contributed by atoms with Crippen LogP contribution in [-0.4, -0.2) is 22.6 Å². The van der Waals surface area contributed by atoms with Gasteiger partial charge in [-0.25, -0.2) is 0 Å². The summed E-state index contributed by atoms with van der Waals surface area (Å²) in [6, 6.07) is 9.67. The number of benzene rings is 1. The Labute approximate surface area is 89.1 Å². The van der Waals surface area contributed by atoms with E-state index in [0.717, 1.165) is 5.56 Å². The summed E-state index contributed by atoms with van der Waals surface area (Å²) in [7, 11) is -3.86. The molecule has 5 heteroatoms. The van der Waals surface area contributed by atoms with Crippen LogP contribution in [0.25, 0.3) is 0 Å². The minimum Gasteiger partial charge on any atom is -0.377 e. The second-order valence-electron chi connectivity index (χ2n) is 3.28. The molecule has 0 radical (unpaired) electrons. The van der Waals surface area contributed by atoms with Crippen molar-refractivity contribution < 1.29 is 19.1 Å². The highest BCUT2D eigenvalue weighted by molar-refractivity contribution is 7.51. The van der Waals surface area contributed by atoms with Crippen LogP contribution in [0.1, 0.15) is 12.0 Å². The third-order valence-corrected chi connectivity index (χ3v) is 2.75. The first-order valence-corrected chi connectivity index (χ1v) is 6.54. The molecule has 0 unspecified atom stereocenters. The van der Waals surface area contributed by atoms with Crippen LogP contribution in [-0.2, 0) is 15.9 Å². The smallest absolute Gasteiger partial charge is 0.325 e. The minimum atomic E-state index is -3.86. The molecule has 0 aliphatic rings. The van der Waals surface area contributed by atoms with E-state index in [1.54, 1.807) is 0 Å². The lowest BCUT2D eigenvalue weighted by atomic mass is 10.2. The van der Waals surface area contributed by atoms with Gasteiger partial charge in [0.1, 0.15) is 0 Å². The van der Waals surface area contributed by atoms with Crippen LogP contribution in [0.2, 0.25) is 0 Å². The van der Waals surface area contributed by atoms with E-state index >= 15 is 0 Å². The molecule has 0 amide bonds. The summed E-state index contributed by atoms with van der Waals surface area (Å²) in [5, 5.41) is 0. The van der Waals surface area contributed by atoms with Gasteiger partial charge in [0.05, 0.1) is 12.8 Å². The van der Waals surface area contributed by atoms with Gasteiger partial charge in [-0.1, -0.05) is 30.3 Å². The number of hydrogen-bond acceptors (Lipinski definition) is 2. The van der Waals surface area contributed by atoms with Gasteiger partial charge >= 0.3 is 7.60 Å². The van der Waals surface area contributed by atoms with Crippen LogP contribution in [0.5, 0.6) is 0 Å². The third-order valence-electron chi connectivity index (χ3n) is 1.85. The van der Waals surface area contributed by atoms with Crippen molar-refractivity contribution in [1.29, 1.82) is 0 Å². The summed E-state index contributed by atoms with van der Waals surface area (Å²) in [5.41, 5.74) is 1.06. The Kier molecular flexibility index (Phi) is 4.99. The number of hydrogen-bond donors (Lipinski definition) is 2. The molecule has 1 aromatic rings. The molecule has 4 nitrogen and oxygen atoms in total. The SMILES string of the molecule is O=P(O)(O)CCCOCc1ccccc1. The highest BCUT2D eigenvalue weighted by Gasteiger charge is 2.11. The van der Waals surface area contributed by atoms with Crippen molar-refractivity contribution >= 4 is 7.60 Å². The summed E-state index contributed by atoms with van der Waals surface area (Å²) in [6.07, 6.45) is 0.277. The van der Waals surface area contributed by atoms with E-state index in [4.69, 9.17) is 14.5 Å². The van der Waals surface area contributed by atoms with Gasteiger partial charge in [-0.05, 0) is 12.0 Å². The predicted octanol–water partition coefficient (Wildman–Crippen LogP) is 1.77. The summed E-state index contributed by atoms with van der Waals surface area (Å²) >= 11 is 0. The fraction of sp³-hybridized carbons (Fsp3) is 0.400. The van der Waals surface area contributed by atoms with Crippen molar-refractivity contribution in [3.63, 3.8) is 0 Å². The van der Waals surface area contributed by atoms with Crippen LogP contribution < -0.4 is 0 Å². The first kappa shape index (κ1) is 12.4. The van der Waals surface area contributed by atoms with E-state index in [-0.39, 0.29) is 6.16 Å². The molecule has 0 saturated heterocycles. The van der Waals surface area contributed by atoms with Gasteiger partial charge in [0.15, 0.2) is 0 Å². The lowest BCUT2D eigenvalue weighted by Gasteiger charge is -2.05. The summed E-state index contributed by atoms with van der Waals surface area (Å²) < 4.78 is 15.8. The average Bonchev–Trinajstić information content (AvgIpc) is 2.17. The zero-order valence-corrected chi connectivity index (χ0v) is 9.27. The minimum absolute atomic E-state index is 0.109. The zero-order chi connectivity index (χ0) is 11.1. The van der Waals surface area contributed by atoms with Gasteiger partial charge in [0.2, 0.25) is 0 Å². The Hall–Kier alpha value is -0.670. The lowest BCUT2D eigenvalue weighted by Crippen LogP contribution is -1.98. The third kappa shape index (κ3) is 6.42. The molecule has 1 rings (SSSR count). The van der Waals surface area contributed by atoms with E-state index in [1.165, 1.54) is 0 Å². The molecule has 15 heavy (non-hydrogen) atoms. The molecule has 84 valence electrons. The van der Waals surface area contributed by atoms with Crippen molar-refractivity contribution in [2.45, 2.75) is 13.0 Å². The van der Waals surface area contributed by atoms with E-state index in [9.17, 15) is 4.57 Å². The lowest BCUT2D eigenvalue weighted by molar-refractivity contribution is 0.121. The van der Waals surface area contributed by atoms with E-state index in [1.807, 2.05) is 30.3 Å². The van der Waals surface area contributed by atoms with Crippen molar-refractivity contribution in [3.05, 3.63) is 35.9 Å². The largest absolute Gasteiger partial charge is 0.377 e. The molecule has 0 bridgehead atoms. The molecule has 0 atom stereocenters. The van der Waals surface area contributed by atoms with Gasteiger partial charge in [-0.15, -0.1) is 0 Å². The summed E-state index contributed by atoms with van der Waals surface area (Å²) in [4.78, 5) is 17.2. The van der Waals surface area contributed by atoms with Crippen molar-refractivity contribution in [2.24, 2.45) is 0 Å². The number of ether oxygens (including phenoxy) is 1. The zero-order valence-electron chi connectivity index (χ0n) is 8.37. The highest BCUT2D eigenvalue weighted by atomic mass is 31.2. The molecular weight excluding hydrogens is 215 g/mol. The van der Waals surface area contributed by atoms with Crippen LogP contribution in [0.15, 0.2) is 30.3 Å². The quantitative estimate of drug-likeness (QED) is 0.577. The van der Waals surface area contributed by atoms with Crippen molar-refractivity contribution in [2.75, 3.05) is 12.8 Å². The second kappa shape index (κ2) is 6.03. The summed E-state index contributed by atoms with van der Waals surface area (Å²) in [6.45, 7) is 0.863. The maximum absolute atomic E-state index is 10.5. The predicted molar refractivity (Wildman–Crippen MR) is 57.6 cm³/mol. The highest BCUT2D eigenvalue weighted by Crippen LogP contribution is 2.34. The standard InChI is InChI=1S/C10H15O4P/c11-15(12,13)8-4-7-14-9-10-5-2-1-3-6-10/h1-3,5-6H,4,7-9H2,(H2,11,12,13).